The van der Waals surface area contributed by atoms with Crippen molar-refractivity contribution in [2.45, 2.75) is 45.3 Å². The first-order valence-corrected chi connectivity index (χ1v) is 11.9. The molecule has 6 nitrogen and oxygen atoms in total. The molecule has 1 amide bonds. The molecule has 1 unspecified atom stereocenters. The van der Waals surface area contributed by atoms with Gasteiger partial charge in [-0.3, -0.25) is 4.90 Å². The van der Waals surface area contributed by atoms with Gasteiger partial charge in [0, 0.05) is 12.1 Å². The fourth-order valence-electron chi connectivity index (χ4n) is 5.87. The molecule has 3 heterocycles. The van der Waals surface area contributed by atoms with Crippen LogP contribution in [0.5, 0.6) is 11.5 Å². The number of benzene rings is 2. The summed E-state index contributed by atoms with van der Waals surface area (Å²) >= 11 is 0. The number of carbonyl (C=O) groups is 1. The molecule has 33 heavy (non-hydrogen) atoms. The molecule has 0 radical (unpaired) electrons. The maximum absolute atomic E-state index is 13.0. The van der Waals surface area contributed by atoms with Gasteiger partial charge in [0.2, 0.25) is 0 Å². The van der Waals surface area contributed by atoms with Gasteiger partial charge in [-0.15, -0.1) is 0 Å². The van der Waals surface area contributed by atoms with Crippen molar-refractivity contribution in [3.8, 4) is 22.6 Å². The molecule has 3 fully saturated rings. The van der Waals surface area contributed by atoms with E-state index in [0.29, 0.717) is 5.92 Å². The molecule has 2 bridgehead atoms. The molecule has 2 aromatic rings. The molecule has 6 heteroatoms. The van der Waals surface area contributed by atoms with Gasteiger partial charge in [0.1, 0.15) is 17.6 Å². The largest absolute Gasteiger partial charge is 0.497 e. The summed E-state index contributed by atoms with van der Waals surface area (Å²) in [6, 6.07) is 12.2. The standard InChI is InChI=1S/C27H34N2O4/c1-27(2)15-19-13-21(18-6-5-7-20(12-18)31-3)23(32-4)14-22(19)25(27)28-26(30)33-24-16-29-10-8-17(24)9-11-29/h5-7,12-14,17,24-25H,8-11,15-16H2,1-4H3,(H,28,30)/t24-,25?/m1/s1. The number of rotatable bonds is 5. The third-order valence-electron chi connectivity index (χ3n) is 7.70. The van der Waals surface area contributed by atoms with Crippen molar-refractivity contribution in [1.82, 2.24) is 10.2 Å². The zero-order chi connectivity index (χ0) is 23.2. The van der Waals surface area contributed by atoms with Crippen molar-refractivity contribution in [2.24, 2.45) is 11.3 Å². The fourth-order valence-corrected chi connectivity index (χ4v) is 5.87. The van der Waals surface area contributed by atoms with E-state index in [1.165, 1.54) is 5.56 Å². The van der Waals surface area contributed by atoms with E-state index in [1.54, 1.807) is 14.2 Å². The van der Waals surface area contributed by atoms with Gasteiger partial charge in [-0.1, -0.05) is 26.0 Å². The highest BCUT2D eigenvalue weighted by molar-refractivity contribution is 5.75. The molecule has 1 N–H and O–H groups in total. The number of ether oxygens (including phenoxy) is 3. The minimum atomic E-state index is -0.310. The molecule has 176 valence electrons. The van der Waals surface area contributed by atoms with Crippen LogP contribution in [0.2, 0.25) is 0 Å². The number of hydrogen-bond acceptors (Lipinski definition) is 5. The number of amides is 1. The highest BCUT2D eigenvalue weighted by Crippen LogP contribution is 2.49. The van der Waals surface area contributed by atoms with Crippen molar-refractivity contribution < 1.29 is 19.0 Å². The van der Waals surface area contributed by atoms with Gasteiger partial charge in [-0.2, -0.15) is 0 Å². The maximum Gasteiger partial charge on any atom is 0.407 e. The van der Waals surface area contributed by atoms with E-state index in [9.17, 15) is 4.79 Å². The van der Waals surface area contributed by atoms with Gasteiger partial charge >= 0.3 is 6.09 Å². The van der Waals surface area contributed by atoms with Gasteiger partial charge in [-0.25, -0.2) is 4.79 Å². The number of fused-ring (bicyclic) bond motifs is 4. The second kappa shape index (κ2) is 8.56. The minimum absolute atomic E-state index is 0.00135. The molecule has 1 aliphatic carbocycles. The number of carbonyl (C=O) groups excluding carboxylic acids is 1. The first kappa shape index (κ1) is 22.1. The van der Waals surface area contributed by atoms with Crippen LogP contribution < -0.4 is 14.8 Å². The van der Waals surface area contributed by atoms with Gasteiger partial charge in [0.15, 0.2) is 0 Å². The molecule has 4 aliphatic rings. The topological polar surface area (TPSA) is 60.0 Å². The van der Waals surface area contributed by atoms with Crippen LogP contribution >= 0.6 is 0 Å². The van der Waals surface area contributed by atoms with E-state index < -0.39 is 0 Å². The van der Waals surface area contributed by atoms with E-state index in [-0.39, 0.29) is 23.7 Å². The summed E-state index contributed by atoms with van der Waals surface area (Å²) < 4.78 is 17.1. The van der Waals surface area contributed by atoms with Crippen LogP contribution in [0.25, 0.3) is 11.1 Å². The summed E-state index contributed by atoms with van der Waals surface area (Å²) in [5.41, 5.74) is 4.28. The molecule has 3 saturated heterocycles. The van der Waals surface area contributed by atoms with E-state index in [1.807, 2.05) is 18.2 Å². The van der Waals surface area contributed by atoms with E-state index >= 15 is 0 Å². The molecule has 0 aromatic heterocycles. The number of nitrogens with zero attached hydrogens (tertiary/aromatic N) is 1. The van der Waals surface area contributed by atoms with Crippen molar-refractivity contribution >= 4 is 6.09 Å². The normalized spacial score (nSPS) is 27.0. The maximum atomic E-state index is 13.0. The lowest BCUT2D eigenvalue weighted by atomic mass is 9.85. The molecular weight excluding hydrogens is 416 g/mol. The Morgan fingerprint density at radius 1 is 1.09 bits per heavy atom. The Morgan fingerprint density at radius 3 is 2.55 bits per heavy atom. The predicted molar refractivity (Wildman–Crippen MR) is 128 cm³/mol. The Labute approximate surface area is 196 Å². The van der Waals surface area contributed by atoms with Crippen LogP contribution in [0, 0.1) is 11.3 Å². The van der Waals surface area contributed by atoms with Crippen LogP contribution in [0.3, 0.4) is 0 Å². The zero-order valence-corrected chi connectivity index (χ0v) is 20.0. The third kappa shape index (κ3) is 4.17. The molecule has 6 rings (SSSR count). The summed E-state index contributed by atoms with van der Waals surface area (Å²) in [6.07, 6.45) is 2.81. The quantitative estimate of drug-likeness (QED) is 0.708. The lowest BCUT2D eigenvalue weighted by molar-refractivity contribution is -0.0349. The van der Waals surface area contributed by atoms with Gasteiger partial charge in [0.05, 0.1) is 20.3 Å². The van der Waals surface area contributed by atoms with Gasteiger partial charge in [-0.05, 0) is 84.6 Å². The predicted octanol–water partition coefficient (Wildman–Crippen LogP) is 4.81. The Bertz CT molecular complexity index is 1040. The highest BCUT2D eigenvalue weighted by Gasteiger charge is 2.42. The van der Waals surface area contributed by atoms with Crippen LogP contribution in [0.15, 0.2) is 36.4 Å². The van der Waals surface area contributed by atoms with E-state index in [2.05, 4.69) is 42.3 Å². The van der Waals surface area contributed by atoms with Crippen molar-refractivity contribution in [2.75, 3.05) is 33.9 Å². The number of hydrogen-bond donors (Lipinski definition) is 1. The number of piperidine rings is 3. The molecule has 2 atom stereocenters. The third-order valence-corrected chi connectivity index (χ3v) is 7.70. The van der Waals surface area contributed by atoms with E-state index in [4.69, 9.17) is 14.2 Å². The number of alkyl carbamates (subject to hydrolysis) is 1. The van der Waals surface area contributed by atoms with Crippen molar-refractivity contribution in [1.29, 1.82) is 0 Å². The van der Waals surface area contributed by atoms with Crippen LogP contribution in [0.1, 0.15) is 43.9 Å². The Hall–Kier alpha value is -2.73. The average molecular weight is 451 g/mol. The average Bonchev–Trinajstić information content (AvgIpc) is 3.07. The lowest BCUT2D eigenvalue weighted by Crippen LogP contribution is -2.53. The smallest absolute Gasteiger partial charge is 0.407 e. The Morgan fingerprint density at radius 2 is 1.88 bits per heavy atom. The SMILES string of the molecule is COc1cccc(-c2cc3c(cc2OC)C(NC(=O)O[C@@H]2CN4CCC2CC4)C(C)(C)C3)c1. The molecule has 3 aliphatic heterocycles. The number of methoxy groups -OCH3 is 2. The highest BCUT2D eigenvalue weighted by atomic mass is 16.6. The monoisotopic (exact) mass is 450 g/mol. The second-order valence-corrected chi connectivity index (χ2v) is 10.3. The summed E-state index contributed by atoms with van der Waals surface area (Å²) in [5, 5.41) is 3.21. The summed E-state index contributed by atoms with van der Waals surface area (Å²) in [7, 11) is 3.36. The van der Waals surface area contributed by atoms with Crippen LogP contribution in [0.4, 0.5) is 4.79 Å². The molecule has 0 spiro atoms. The van der Waals surface area contributed by atoms with Crippen molar-refractivity contribution in [3.05, 3.63) is 47.5 Å². The summed E-state index contributed by atoms with van der Waals surface area (Å²) in [5.74, 6) is 2.10. The first-order valence-electron chi connectivity index (χ1n) is 11.9. The van der Waals surface area contributed by atoms with Crippen LogP contribution in [-0.2, 0) is 11.2 Å². The number of nitrogens with one attached hydrogen (secondary N) is 1. The second-order valence-electron chi connectivity index (χ2n) is 10.3. The molecule has 0 saturated carbocycles. The lowest BCUT2D eigenvalue weighted by Gasteiger charge is -2.44. The van der Waals surface area contributed by atoms with Crippen molar-refractivity contribution in [3.63, 3.8) is 0 Å². The molecule has 2 aromatic carbocycles. The summed E-state index contributed by atoms with van der Waals surface area (Å²) in [6.45, 7) is 7.52. The Balaban J connectivity index is 1.39. The first-order chi connectivity index (χ1) is 15.9. The fraction of sp³-hybridized carbons (Fsp3) is 0.519. The van der Waals surface area contributed by atoms with E-state index in [0.717, 1.165) is 67.1 Å². The zero-order valence-electron chi connectivity index (χ0n) is 20.0. The molecular formula is C27H34N2O4. The van der Waals surface area contributed by atoms with Crippen LogP contribution in [-0.4, -0.2) is 51.0 Å². The van der Waals surface area contributed by atoms with Gasteiger partial charge in [0.25, 0.3) is 0 Å². The minimum Gasteiger partial charge on any atom is -0.497 e. The Kier molecular flexibility index (Phi) is 5.73. The van der Waals surface area contributed by atoms with Gasteiger partial charge < -0.3 is 19.5 Å². The summed E-state index contributed by atoms with van der Waals surface area (Å²) in [4.78, 5) is 15.4.